The molecule has 0 bridgehead atoms. The number of rotatable bonds is 4. The van der Waals surface area contributed by atoms with Gasteiger partial charge in [-0.2, -0.15) is 0 Å². The highest BCUT2D eigenvalue weighted by Gasteiger charge is 2.18. The average molecular weight is 273 g/mol. The summed E-state index contributed by atoms with van der Waals surface area (Å²) in [5.41, 5.74) is 0. The molecule has 7 heteroatoms. The second-order valence-electron chi connectivity index (χ2n) is 3.78. The monoisotopic (exact) mass is 273 g/mol. The van der Waals surface area contributed by atoms with Crippen LogP contribution < -0.4 is 14.2 Å². The van der Waals surface area contributed by atoms with Crippen LogP contribution in [0.15, 0.2) is 23.1 Å². The molecule has 2 N–H and O–H groups in total. The minimum atomic E-state index is -3.61. The SMILES string of the molecule is O=S(=O)(NCCO)c1ccc2c(c1)OCCCO2. The van der Waals surface area contributed by atoms with Gasteiger partial charge in [0.2, 0.25) is 10.0 Å². The van der Waals surface area contributed by atoms with E-state index in [1.165, 1.54) is 12.1 Å². The highest BCUT2D eigenvalue weighted by Crippen LogP contribution is 2.31. The van der Waals surface area contributed by atoms with Gasteiger partial charge in [0.25, 0.3) is 0 Å². The Hall–Kier alpha value is -1.31. The van der Waals surface area contributed by atoms with Gasteiger partial charge in [-0.3, -0.25) is 0 Å². The van der Waals surface area contributed by atoms with Gasteiger partial charge >= 0.3 is 0 Å². The summed E-state index contributed by atoms with van der Waals surface area (Å²) in [7, 11) is -3.61. The number of aliphatic hydroxyl groups is 1. The molecule has 0 saturated heterocycles. The van der Waals surface area contributed by atoms with Crippen LogP contribution in [-0.4, -0.2) is 39.9 Å². The van der Waals surface area contributed by atoms with E-state index in [1.807, 2.05) is 0 Å². The summed E-state index contributed by atoms with van der Waals surface area (Å²) >= 11 is 0. The van der Waals surface area contributed by atoms with E-state index >= 15 is 0 Å². The van der Waals surface area contributed by atoms with Crippen LogP contribution in [-0.2, 0) is 10.0 Å². The number of benzene rings is 1. The molecule has 0 aliphatic carbocycles. The summed E-state index contributed by atoms with van der Waals surface area (Å²) in [5.74, 6) is 0.980. The minimum Gasteiger partial charge on any atom is -0.490 e. The van der Waals surface area contributed by atoms with Gasteiger partial charge in [-0.25, -0.2) is 13.1 Å². The van der Waals surface area contributed by atoms with Crippen LogP contribution in [0.5, 0.6) is 11.5 Å². The molecular weight excluding hydrogens is 258 g/mol. The van der Waals surface area contributed by atoms with E-state index in [-0.39, 0.29) is 18.0 Å². The maximum absolute atomic E-state index is 11.8. The van der Waals surface area contributed by atoms with Crippen molar-refractivity contribution in [2.75, 3.05) is 26.4 Å². The van der Waals surface area contributed by atoms with Crippen LogP contribution in [0.25, 0.3) is 0 Å². The summed E-state index contributed by atoms with van der Waals surface area (Å²) in [4.78, 5) is 0.0974. The van der Waals surface area contributed by atoms with Crippen LogP contribution >= 0.6 is 0 Å². The number of hydrogen-bond donors (Lipinski definition) is 2. The van der Waals surface area contributed by atoms with E-state index < -0.39 is 10.0 Å². The van der Waals surface area contributed by atoms with Crippen molar-refractivity contribution in [2.45, 2.75) is 11.3 Å². The summed E-state index contributed by atoms with van der Waals surface area (Å²) < 4.78 is 36.8. The van der Waals surface area contributed by atoms with Crippen molar-refractivity contribution in [1.29, 1.82) is 0 Å². The Labute approximate surface area is 106 Å². The summed E-state index contributed by atoms with van der Waals surface area (Å²) in [6.07, 6.45) is 0.763. The highest BCUT2D eigenvalue weighted by molar-refractivity contribution is 7.89. The van der Waals surface area contributed by atoms with Gasteiger partial charge in [-0.1, -0.05) is 0 Å². The number of aliphatic hydroxyl groups excluding tert-OH is 1. The van der Waals surface area contributed by atoms with E-state index in [4.69, 9.17) is 14.6 Å². The minimum absolute atomic E-state index is 0.0171. The third-order valence-electron chi connectivity index (χ3n) is 2.43. The number of nitrogens with one attached hydrogen (secondary N) is 1. The molecule has 1 aliphatic rings. The zero-order valence-electron chi connectivity index (χ0n) is 9.76. The number of sulfonamides is 1. The molecule has 100 valence electrons. The molecule has 1 aromatic carbocycles. The van der Waals surface area contributed by atoms with Crippen molar-refractivity contribution in [3.63, 3.8) is 0 Å². The molecule has 2 rings (SSSR count). The Morgan fingerprint density at radius 2 is 1.94 bits per heavy atom. The molecule has 0 radical (unpaired) electrons. The number of ether oxygens (including phenoxy) is 2. The lowest BCUT2D eigenvalue weighted by Crippen LogP contribution is -2.26. The first kappa shape index (κ1) is 13.1. The number of fused-ring (bicyclic) bond motifs is 1. The van der Waals surface area contributed by atoms with Crippen molar-refractivity contribution < 1.29 is 23.0 Å². The van der Waals surface area contributed by atoms with Crippen LogP contribution in [0.1, 0.15) is 6.42 Å². The van der Waals surface area contributed by atoms with Gasteiger partial charge in [0, 0.05) is 19.0 Å². The zero-order valence-corrected chi connectivity index (χ0v) is 10.6. The van der Waals surface area contributed by atoms with E-state index in [0.29, 0.717) is 24.7 Å². The zero-order chi connectivity index (χ0) is 13.0. The normalized spacial score (nSPS) is 15.2. The highest BCUT2D eigenvalue weighted by atomic mass is 32.2. The fourth-order valence-corrected chi connectivity index (χ4v) is 2.61. The topological polar surface area (TPSA) is 84.9 Å². The predicted octanol–water partition coefficient (Wildman–Crippen LogP) is 0.119. The Bertz CT molecular complexity index is 514. The molecule has 0 spiro atoms. The summed E-state index contributed by atoms with van der Waals surface area (Å²) in [5, 5.41) is 8.63. The third kappa shape index (κ3) is 2.92. The fraction of sp³-hybridized carbons (Fsp3) is 0.455. The molecule has 1 heterocycles. The molecule has 0 saturated carbocycles. The lowest BCUT2D eigenvalue weighted by Gasteiger charge is -2.10. The molecule has 0 aromatic heterocycles. The van der Waals surface area contributed by atoms with Crippen LogP contribution in [0.4, 0.5) is 0 Å². The Kier molecular flexibility index (Phi) is 4.05. The standard InChI is InChI=1S/C11H15NO5S/c13-5-4-12-18(14,15)9-2-3-10-11(8-9)17-7-1-6-16-10/h2-3,8,12-13H,1,4-7H2. The molecule has 0 fully saturated rings. The summed E-state index contributed by atoms with van der Waals surface area (Å²) in [6.45, 7) is 0.795. The third-order valence-corrected chi connectivity index (χ3v) is 3.89. The predicted molar refractivity (Wildman–Crippen MR) is 64.3 cm³/mol. The van der Waals surface area contributed by atoms with Crippen LogP contribution in [0.3, 0.4) is 0 Å². The van der Waals surface area contributed by atoms with Gasteiger partial charge in [0.05, 0.1) is 24.7 Å². The lowest BCUT2D eigenvalue weighted by atomic mass is 10.3. The lowest BCUT2D eigenvalue weighted by molar-refractivity contribution is 0.297. The van der Waals surface area contributed by atoms with E-state index in [9.17, 15) is 8.42 Å². The molecule has 1 aromatic rings. The second-order valence-corrected chi connectivity index (χ2v) is 5.55. The molecule has 18 heavy (non-hydrogen) atoms. The van der Waals surface area contributed by atoms with E-state index in [0.717, 1.165) is 6.42 Å². The quantitative estimate of drug-likeness (QED) is 0.814. The molecule has 1 aliphatic heterocycles. The van der Waals surface area contributed by atoms with Crippen molar-refractivity contribution in [3.05, 3.63) is 18.2 Å². The van der Waals surface area contributed by atoms with Crippen molar-refractivity contribution in [3.8, 4) is 11.5 Å². The fourth-order valence-electron chi connectivity index (χ4n) is 1.57. The first-order valence-electron chi connectivity index (χ1n) is 5.63. The van der Waals surface area contributed by atoms with Gasteiger partial charge in [0.1, 0.15) is 0 Å². The van der Waals surface area contributed by atoms with Gasteiger partial charge in [0.15, 0.2) is 11.5 Å². The van der Waals surface area contributed by atoms with E-state index in [2.05, 4.69) is 4.72 Å². The van der Waals surface area contributed by atoms with E-state index in [1.54, 1.807) is 6.07 Å². The maximum Gasteiger partial charge on any atom is 0.240 e. The Balaban J connectivity index is 2.27. The molecule has 0 unspecified atom stereocenters. The maximum atomic E-state index is 11.8. The van der Waals surface area contributed by atoms with Crippen molar-refractivity contribution in [2.24, 2.45) is 0 Å². The second kappa shape index (κ2) is 5.55. The van der Waals surface area contributed by atoms with Crippen molar-refractivity contribution >= 4 is 10.0 Å². The first-order chi connectivity index (χ1) is 8.63. The average Bonchev–Trinajstić information content (AvgIpc) is 2.60. The van der Waals surface area contributed by atoms with Crippen LogP contribution in [0.2, 0.25) is 0 Å². The number of hydrogen-bond acceptors (Lipinski definition) is 5. The largest absolute Gasteiger partial charge is 0.490 e. The molecule has 6 nitrogen and oxygen atoms in total. The Morgan fingerprint density at radius 1 is 1.22 bits per heavy atom. The molecular formula is C11H15NO5S. The van der Waals surface area contributed by atoms with Gasteiger partial charge in [-0.15, -0.1) is 0 Å². The van der Waals surface area contributed by atoms with Crippen LogP contribution in [0, 0.1) is 0 Å². The Morgan fingerprint density at radius 3 is 2.67 bits per heavy atom. The smallest absolute Gasteiger partial charge is 0.240 e. The molecule has 0 amide bonds. The molecule has 0 atom stereocenters. The summed E-state index contributed by atoms with van der Waals surface area (Å²) in [6, 6.07) is 4.46. The van der Waals surface area contributed by atoms with Gasteiger partial charge < -0.3 is 14.6 Å². The first-order valence-corrected chi connectivity index (χ1v) is 7.12. The van der Waals surface area contributed by atoms with Crippen molar-refractivity contribution in [1.82, 2.24) is 4.72 Å². The van der Waals surface area contributed by atoms with Gasteiger partial charge in [-0.05, 0) is 12.1 Å².